The molecule has 2 aromatic rings. The van der Waals surface area contributed by atoms with Crippen molar-refractivity contribution in [2.75, 3.05) is 19.3 Å². The normalized spacial score (nSPS) is 12.0. The summed E-state index contributed by atoms with van der Waals surface area (Å²) in [4.78, 5) is 2.29. The van der Waals surface area contributed by atoms with E-state index in [9.17, 15) is 8.42 Å². The Morgan fingerprint density at radius 1 is 1.17 bits per heavy atom. The molecule has 0 bridgehead atoms. The number of nitrogens with one attached hydrogen (secondary N) is 1. The highest BCUT2D eigenvalue weighted by Crippen LogP contribution is 2.23. The zero-order chi connectivity index (χ0) is 17.6. The SMILES string of the molecule is CCCCN(C)Cc1cn[nH]c1-c1ccc(CS(=O)(=O)CC)cc1. The minimum Gasteiger partial charge on any atom is -0.302 e. The lowest BCUT2D eigenvalue weighted by atomic mass is 10.1. The number of unbranched alkanes of at least 4 members (excludes halogenated alkanes) is 1. The first kappa shape index (κ1) is 18.7. The highest BCUT2D eigenvalue weighted by Gasteiger charge is 2.12. The molecule has 0 atom stereocenters. The Balaban J connectivity index is 2.11. The van der Waals surface area contributed by atoms with Crippen LogP contribution in [0.5, 0.6) is 0 Å². The lowest BCUT2D eigenvalue weighted by molar-refractivity contribution is 0.321. The summed E-state index contributed by atoms with van der Waals surface area (Å²) >= 11 is 0. The number of hydrogen-bond donors (Lipinski definition) is 1. The van der Waals surface area contributed by atoms with E-state index in [0.29, 0.717) is 0 Å². The first-order valence-corrected chi connectivity index (χ1v) is 10.3. The van der Waals surface area contributed by atoms with Crippen molar-refractivity contribution in [2.45, 2.75) is 39.0 Å². The van der Waals surface area contributed by atoms with Crippen LogP contribution in [-0.2, 0) is 22.1 Å². The molecule has 0 amide bonds. The molecule has 0 aliphatic heterocycles. The van der Waals surface area contributed by atoms with E-state index in [4.69, 9.17) is 0 Å². The van der Waals surface area contributed by atoms with E-state index in [-0.39, 0.29) is 11.5 Å². The van der Waals surface area contributed by atoms with Crippen LogP contribution in [0.25, 0.3) is 11.3 Å². The Bertz CT molecular complexity index is 736. The lowest BCUT2D eigenvalue weighted by Crippen LogP contribution is -2.19. The summed E-state index contributed by atoms with van der Waals surface area (Å²) < 4.78 is 23.4. The number of sulfone groups is 1. The fraction of sp³-hybridized carbons (Fsp3) is 0.500. The van der Waals surface area contributed by atoms with E-state index in [1.165, 1.54) is 12.8 Å². The predicted octanol–water partition coefficient (Wildman–Crippen LogP) is 3.24. The Labute approximate surface area is 145 Å². The van der Waals surface area contributed by atoms with Gasteiger partial charge in [-0.05, 0) is 31.1 Å². The van der Waals surface area contributed by atoms with E-state index in [1.54, 1.807) is 6.92 Å². The van der Waals surface area contributed by atoms with Crippen molar-refractivity contribution in [3.63, 3.8) is 0 Å². The van der Waals surface area contributed by atoms with Gasteiger partial charge in [-0.1, -0.05) is 44.5 Å². The number of H-pyrrole nitrogens is 1. The highest BCUT2D eigenvalue weighted by molar-refractivity contribution is 7.90. The van der Waals surface area contributed by atoms with Crippen LogP contribution in [0.2, 0.25) is 0 Å². The third-order valence-corrected chi connectivity index (χ3v) is 5.77. The van der Waals surface area contributed by atoms with Crippen molar-refractivity contribution in [3.8, 4) is 11.3 Å². The number of rotatable bonds is 9. The summed E-state index contributed by atoms with van der Waals surface area (Å²) in [5, 5.41) is 7.25. The number of aromatic nitrogens is 2. The van der Waals surface area contributed by atoms with Crippen LogP contribution in [-0.4, -0.2) is 42.9 Å². The Hall–Kier alpha value is -1.66. The molecule has 1 N–H and O–H groups in total. The fourth-order valence-corrected chi connectivity index (χ4v) is 3.51. The van der Waals surface area contributed by atoms with Gasteiger partial charge >= 0.3 is 0 Å². The molecular formula is C18H27N3O2S. The largest absolute Gasteiger partial charge is 0.302 e. The average Bonchev–Trinajstić information content (AvgIpc) is 3.01. The van der Waals surface area contributed by atoms with Gasteiger partial charge in [-0.3, -0.25) is 5.10 Å². The molecule has 132 valence electrons. The minimum atomic E-state index is -3.00. The first-order valence-electron chi connectivity index (χ1n) is 8.45. The van der Waals surface area contributed by atoms with Crippen LogP contribution >= 0.6 is 0 Å². The standard InChI is InChI=1S/C18H27N3O2S/c1-4-6-11-21(3)13-17-12-19-20-18(17)16-9-7-15(8-10-16)14-24(22,23)5-2/h7-10,12H,4-6,11,13-14H2,1-3H3,(H,19,20). The summed E-state index contributed by atoms with van der Waals surface area (Å²) in [6.07, 6.45) is 4.24. The maximum Gasteiger partial charge on any atom is 0.154 e. The molecular weight excluding hydrogens is 322 g/mol. The van der Waals surface area contributed by atoms with Crippen LogP contribution in [0, 0.1) is 0 Å². The molecule has 5 nitrogen and oxygen atoms in total. The van der Waals surface area contributed by atoms with E-state index in [0.717, 1.165) is 35.5 Å². The molecule has 0 aliphatic rings. The third-order valence-electron chi connectivity index (χ3n) is 4.12. The van der Waals surface area contributed by atoms with E-state index >= 15 is 0 Å². The van der Waals surface area contributed by atoms with Crippen LogP contribution in [0.4, 0.5) is 0 Å². The van der Waals surface area contributed by atoms with Crippen molar-refractivity contribution >= 4 is 9.84 Å². The van der Waals surface area contributed by atoms with Crippen LogP contribution in [0.3, 0.4) is 0 Å². The molecule has 24 heavy (non-hydrogen) atoms. The van der Waals surface area contributed by atoms with Gasteiger partial charge in [-0.25, -0.2) is 8.42 Å². The first-order chi connectivity index (χ1) is 11.4. The highest BCUT2D eigenvalue weighted by atomic mass is 32.2. The van der Waals surface area contributed by atoms with Gasteiger partial charge < -0.3 is 4.90 Å². The number of aromatic amines is 1. The van der Waals surface area contributed by atoms with Gasteiger partial charge in [0, 0.05) is 17.9 Å². The molecule has 0 radical (unpaired) electrons. The molecule has 0 unspecified atom stereocenters. The van der Waals surface area contributed by atoms with Gasteiger partial charge in [-0.2, -0.15) is 5.10 Å². The Morgan fingerprint density at radius 3 is 2.50 bits per heavy atom. The molecule has 1 aromatic carbocycles. The second-order valence-electron chi connectivity index (χ2n) is 6.24. The molecule has 0 aliphatic carbocycles. The summed E-state index contributed by atoms with van der Waals surface area (Å²) in [6, 6.07) is 7.69. The molecule has 0 saturated carbocycles. The second kappa shape index (κ2) is 8.44. The zero-order valence-corrected chi connectivity index (χ0v) is 15.6. The van der Waals surface area contributed by atoms with Crippen molar-refractivity contribution in [3.05, 3.63) is 41.6 Å². The summed E-state index contributed by atoms with van der Waals surface area (Å²) in [7, 11) is -0.883. The average molecular weight is 350 g/mol. The maximum absolute atomic E-state index is 11.7. The van der Waals surface area contributed by atoms with Crippen molar-refractivity contribution in [1.82, 2.24) is 15.1 Å². The number of hydrogen-bond acceptors (Lipinski definition) is 4. The van der Waals surface area contributed by atoms with Gasteiger partial charge in [0.2, 0.25) is 0 Å². The van der Waals surface area contributed by atoms with Gasteiger partial charge in [0.05, 0.1) is 17.6 Å². The molecule has 0 saturated heterocycles. The smallest absolute Gasteiger partial charge is 0.154 e. The molecule has 1 heterocycles. The molecule has 1 aromatic heterocycles. The predicted molar refractivity (Wildman–Crippen MR) is 98.4 cm³/mol. The maximum atomic E-state index is 11.7. The van der Waals surface area contributed by atoms with Gasteiger partial charge in [-0.15, -0.1) is 0 Å². The summed E-state index contributed by atoms with van der Waals surface area (Å²) in [5.74, 6) is 0.267. The van der Waals surface area contributed by atoms with Crippen molar-refractivity contribution in [2.24, 2.45) is 0 Å². The van der Waals surface area contributed by atoms with Crippen LogP contribution < -0.4 is 0 Å². The fourth-order valence-electron chi connectivity index (χ4n) is 2.60. The van der Waals surface area contributed by atoms with Gasteiger partial charge in [0.25, 0.3) is 0 Å². The summed E-state index contributed by atoms with van der Waals surface area (Å²) in [5.41, 5.74) is 4.01. The molecule has 2 rings (SSSR count). The van der Waals surface area contributed by atoms with E-state index < -0.39 is 9.84 Å². The Morgan fingerprint density at radius 2 is 1.88 bits per heavy atom. The quantitative estimate of drug-likeness (QED) is 0.755. The second-order valence-corrected chi connectivity index (χ2v) is 8.59. The van der Waals surface area contributed by atoms with Gasteiger partial charge in [0.15, 0.2) is 9.84 Å². The number of nitrogens with zero attached hydrogens (tertiary/aromatic N) is 2. The molecule has 0 spiro atoms. The van der Waals surface area contributed by atoms with E-state index in [2.05, 4.69) is 29.1 Å². The van der Waals surface area contributed by atoms with Crippen molar-refractivity contribution < 1.29 is 8.42 Å². The topological polar surface area (TPSA) is 66.1 Å². The van der Waals surface area contributed by atoms with Crippen LogP contribution in [0.15, 0.2) is 30.5 Å². The monoisotopic (exact) mass is 349 g/mol. The zero-order valence-electron chi connectivity index (χ0n) is 14.7. The van der Waals surface area contributed by atoms with Gasteiger partial charge in [0.1, 0.15) is 0 Å². The Kier molecular flexibility index (Phi) is 6.57. The molecule has 6 heteroatoms. The lowest BCUT2D eigenvalue weighted by Gasteiger charge is -2.16. The minimum absolute atomic E-state index is 0.0966. The molecule has 0 fully saturated rings. The third kappa shape index (κ3) is 5.18. The van der Waals surface area contributed by atoms with Crippen LogP contribution in [0.1, 0.15) is 37.8 Å². The van der Waals surface area contributed by atoms with E-state index in [1.807, 2.05) is 30.5 Å². The van der Waals surface area contributed by atoms with Crippen molar-refractivity contribution in [1.29, 1.82) is 0 Å². The summed E-state index contributed by atoms with van der Waals surface area (Å²) in [6.45, 7) is 5.78. The number of benzene rings is 1.